The molecule has 1 atom stereocenters. The molecule has 1 unspecified atom stereocenters. The van der Waals surface area contributed by atoms with Gasteiger partial charge >= 0.3 is 5.97 Å². The summed E-state index contributed by atoms with van der Waals surface area (Å²) in [5.74, 6) is -0.876. The van der Waals surface area contributed by atoms with Crippen molar-refractivity contribution in [1.82, 2.24) is 5.32 Å². The Kier molecular flexibility index (Phi) is 5.00. The van der Waals surface area contributed by atoms with Crippen LogP contribution >= 0.6 is 0 Å². The number of ether oxygens (including phenoxy) is 3. The van der Waals surface area contributed by atoms with E-state index < -0.39 is 17.4 Å². The number of esters is 1. The first-order chi connectivity index (χ1) is 8.53. The number of methoxy groups -OCH3 is 1. The fourth-order valence-corrected chi connectivity index (χ4v) is 1.74. The molecule has 0 saturated heterocycles. The molecular weight excluding hydrogens is 238 g/mol. The van der Waals surface area contributed by atoms with Gasteiger partial charge in [0.2, 0.25) is 5.76 Å². The largest absolute Gasteiger partial charge is 0.494 e. The third-order valence-corrected chi connectivity index (χ3v) is 2.65. The van der Waals surface area contributed by atoms with E-state index in [1.165, 1.54) is 13.4 Å². The minimum Gasteiger partial charge on any atom is -0.494 e. The fraction of sp³-hybridized carbons (Fsp3) is 0.667. The van der Waals surface area contributed by atoms with Gasteiger partial charge in [0.05, 0.1) is 7.11 Å². The highest BCUT2D eigenvalue weighted by molar-refractivity contribution is 5.95. The lowest BCUT2D eigenvalue weighted by Gasteiger charge is -2.28. The van der Waals surface area contributed by atoms with Crippen molar-refractivity contribution in [2.45, 2.75) is 32.2 Å². The van der Waals surface area contributed by atoms with Crippen LogP contribution in [0.25, 0.3) is 0 Å². The summed E-state index contributed by atoms with van der Waals surface area (Å²) in [7, 11) is 1.29. The smallest absolute Gasteiger partial charge is 0.331 e. The molecule has 1 aliphatic heterocycles. The van der Waals surface area contributed by atoms with Crippen molar-refractivity contribution >= 4 is 11.9 Å². The van der Waals surface area contributed by atoms with Crippen LogP contribution in [-0.2, 0) is 23.8 Å². The molecule has 6 heteroatoms. The maximum absolute atomic E-state index is 11.9. The zero-order chi connectivity index (χ0) is 13.6. The molecule has 1 amide bonds. The minimum absolute atomic E-state index is 0.0764. The minimum atomic E-state index is -1.05. The molecule has 0 aromatic rings. The predicted molar refractivity (Wildman–Crippen MR) is 63.5 cm³/mol. The van der Waals surface area contributed by atoms with E-state index in [1.807, 2.05) is 6.92 Å². The summed E-state index contributed by atoms with van der Waals surface area (Å²) in [6.07, 6.45) is 2.48. The van der Waals surface area contributed by atoms with Crippen molar-refractivity contribution in [3.63, 3.8) is 0 Å². The second-order valence-electron chi connectivity index (χ2n) is 4.23. The summed E-state index contributed by atoms with van der Waals surface area (Å²) >= 11 is 0. The van der Waals surface area contributed by atoms with Crippen LogP contribution in [0.2, 0.25) is 0 Å². The molecule has 102 valence electrons. The van der Waals surface area contributed by atoms with Crippen LogP contribution in [0, 0.1) is 0 Å². The van der Waals surface area contributed by atoms with Gasteiger partial charge in [0.25, 0.3) is 5.91 Å². The molecule has 18 heavy (non-hydrogen) atoms. The molecule has 1 heterocycles. The molecule has 0 radical (unpaired) electrons. The van der Waals surface area contributed by atoms with E-state index >= 15 is 0 Å². The lowest BCUT2D eigenvalue weighted by atomic mass is 9.96. The average molecular weight is 257 g/mol. The van der Waals surface area contributed by atoms with E-state index in [1.54, 1.807) is 6.92 Å². The predicted octanol–water partition coefficient (Wildman–Crippen LogP) is 0.723. The Morgan fingerprint density at radius 2 is 2.22 bits per heavy atom. The summed E-state index contributed by atoms with van der Waals surface area (Å²) in [4.78, 5) is 23.6. The van der Waals surface area contributed by atoms with Gasteiger partial charge in [-0.1, -0.05) is 13.3 Å². The number of hydrogen-bond donors (Lipinski definition) is 1. The summed E-state index contributed by atoms with van der Waals surface area (Å²) in [6, 6.07) is 0. The highest BCUT2D eigenvalue weighted by Gasteiger charge is 2.36. The Balaban J connectivity index is 2.74. The van der Waals surface area contributed by atoms with Crippen LogP contribution in [0.3, 0.4) is 0 Å². The molecule has 0 aliphatic carbocycles. The molecule has 1 rings (SSSR count). The first kappa shape index (κ1) is 14.3. The van der Waals surface area contributed by atoms with E-state index in [0.717, 1.165) is 6.42 Å². The van der Waals surface area contributed by atoms with Crippen LogP contribution in [0.4, 0.5) is 0 Å². The topological polar surface area (TPSA) is 73.9 Å². The molecule has 0 fully saturated rings. The Morgan fingerprint density at radius 1 is 1.50 bits per heavy atom. The van der Waals surface area contributed by atoms with Gasteiger partial charge < -0.3 is 19.5 Å². The summed E-state index contributed by atoms with van der Waals surface area (Å²) in [6.45, 7) is 4.29. The zero-order valence-electron chi connectivity index (χ0n) is 10.9. The zero-order valence-corrected chi connectivity index (χ0v) is 10.9. The van der Waals surface area contributed by atoms with E-state index in [2.05, 4.69) is 5.32 Å². The van der Waals surface area contributed by atoms with Gasteiger partial charge in [-0.2, -0.15) is 0 Å². The van der Waals surface area contributed by atoms with Gasteiger partial charge in [0, 0.05) is 0 Å². The summed E-state index contributed by atoms with van der Waals surface area (Å²) < 4.78 is 14.9. The van der Waals surface area contributed by atoms with Crippen LogP contribution in [0.5, 0.6) is 0 Å². The van der Waals surface area contributed by atoms with Gasteiger partial charge in [-0.3, -0.25) is 4.79 Å². The number of nitrogens with one attached hydrogen (secondary N) is 1. The van der Waals surface area contributed by atoms with E-state index in [4.69, 9.17) is 14.2 Å². The highest BCUT2D eigenvalue weighted by atomic mass is 16.6. The monoisotopic (exact) mass is 257 g/mol. The molecule has 0 spiro atoms. The molecule has 6 nitrogen and oxygen atoms in total. The maximum Gasteiger partial charge on any atom is 0.331 e. The van der Waals surface area contributed by atoms with Crippen LogP contribution in [0.1, 0.15) is 26.7 Å². The van der Waals surface area contributed by atoms with E-state index in [0.29, 0.717) is 19.6 Å². The Labute approximate surface area is 106 Å². The second kappa shape index (κ2) is 6.28. The average Bonchev–Trinajstić information content (AvgIpc) is 2.39. The third kappa shape index (κ3) is 3.38. The van der Waals surface area contributed by atoms with Crippen molar-refractivity contribution in [2.75, 3.05) is 20.3 Å². The second-order valence-corrected chi connectivity index (χ2v) is 4.23. The molecule has 0 aromatic carbocycles. The third-order valence-electron chi connectivity index (χ3n) is 2.65. The first-order valence-electron chi connectivity index (χ1n) is 5.89. The van der Waals surface area contributed by atoms with Crippen molar-refractivity contribution in [1.29, 1.82) is 0 Å². The van der Waals surface area contributed by atoms with E-state index in [9.17, 15) is 9.59 Å². The summed E-state index contributed by atoms with van der Waals surface area (Å²) in [5.41, 5.74) is -1.05. The van der Waals surface area contributed by atoms with Gasteiger partial charge in [0.15, 0.2) is 0 Å². The Morgan fingerprint density at radius 3 is 2.72 bits per heavy atom. The fourth-order valence-electron chi connectivity index (χ4n) is 1.74. The van der Waals surface area contributed by atoms with Crippen molar-refractivity contribution in [3.8, 4) is 0 Å². The molecule has 1 N–H and O–H groups in total. The maximum atomic E-state index is 11.9. The van der Waals surface area contributed by atoms with Crippen molar-refractivity contribution in [2.24, 2.45) is 0 Å². The Bertz CT molecular complexity index is 352. The molecule has 0 saturated carbocycles. The van der Waals surface area contributed by atoms with Gasteiger partial charge in [-0.25, -0.2) is 4.79 Å². The number of rotatable bonds is 5. The number of amides is 1. The van der Waals surface area contributed by atoms with E-state index in [-0.39, 0.29) is 5.76 Å². The highest BCUT2D eigenvalue weighted by Crippen LogP contribution is 2.16. The van der Waals surface area contributed by atoms with Gasteiger partial charge in [-0.05, 0) is 13.3 Å². The van der Waals surface area contributed by atoms with Crippen LogP contribution in [0.15, 0.2) is 12.0 Å². The SMILES string of the molecule is CCCC(C)(NC(=O)C1=COCCO1)C(=O)OC. The van der Waals surface area contributed by atoms with Crippen LogP contribution < -0.4 is 5.32 Å². The van der Waals surface area contributed by atoms with Crippen molar-refractivity contribution in [3.05, 3.63) is 12.0 Å². The first-order valence-corrected chi connectivity index (χ1v) is 5.89. The molecule has 0 aromatic heterocycles. The molecule has 0 bridgehead atoms. The number of hydrogen-bond acceptors (Lipinski definition) is 5. The Hall–Kier alpha value is -1.72. The number of carbonyl (C=O) groups excluding carboxylic acids is 2. The molecule has 1 aliphatic rings. The lowest BCUT2D eigenvalue weighted by Crippen LogP contribution is -2.53. The quantitative estimate of drug-likeness (QED) is 0.735. The van der Waals surface area contributed by atoms with Gasteiger partial charge in [-0.15, -0.1) is 0 Å². The standard InChI is InChI=1S/C12H19NO5/c1-4-5-12(2,11(15)16-3)13-10(14)9-8-17-6-7-18-9/h8H,4-7H2,1-3H3,(H,13,14). The van der Waals surface area contributed by atoms with Gasteiger partial charge in [0.1, 0.15) is 25.0 Å². The lowest BCUT2D eigenvalue weighted by molar-refractivity contribution is -0.150. The summed E-state index contributed by atoms with van der Waals surface area (Å²) in [5, 5.41) is 2.63. The van der Waals surface area contributed by atoms with Crippen LogP contribution in [-0.4, -0.2) is 37.7 Å². The normalized spacial score (nSPS) is 17.6. The molecular formula is C12H19NO5. The number of carbonyl (C=O) groups is 2. The van der Waals surface area contributed by atoms with Crippen molar-refractivity contribution < 1.29 is 23.8 Å².